The smallest absolute Gasteiger partial charge is 0.110 e. The minimum Gasteiger partial charge on any atom is -0.248 e. The van der Waals surface area contributed by atoms with Crippen LogP contribution in [0, 0.1) is 0 Å². The van der Waals surface area contributed by atoms with Crippen LogP contribution in [0.1, 0.15) is 13.8 Å². The molecule has 0 saturated heterocycles. The molecule has 0 atom stereocenters. The molecule has 0 unspecified atom stereocenters. The summed E-state index contributed by atoms with van der Waals surface area (Å²) >= 11 is 7.07. The molecule has 1 aromatic heterocycles. The van der Waals surface area contributed by atoms with E-state index in [0.29, 0.717) is 0 Å². The molecule has 0 aromatic carbocycles. The summed E-state index contributed by atoms with van der Waals surface area (Å²) < 4.78 is 1.06. The zero-order valence-electron chi connectivity index (χ0n) is 7.71. The molecular formula is C9H12BrNS2. The molecule has 0 spiro atoms. The molecule has 1 nitrogen and oxygen atoms in total. The summed E-state index contributed by atoms with van der Waals surface area (Å²) in [7, 11) is 0. The van der Waals surface area contributed by atoms with E-state index in [2.05, 4.69) is 40.8 Å². The second kappa shape index (κ2) is 5.94. The maximum absolute atomic E-state index is 4.38. The number of hydrogen-bond donors (Lipinski definition) is 0. The fourth-order valence-electron chi connectivity index (χ4n) is 0.912. The minimum absolute atomic E-state index is 1.06. The number of nitrogens with zero attached hydrogens (tertiary/aromatic N) is 1. The summed E-state index contributed by atoms with van der Waals surface area (Å²) in [6.45, 7) is 4.31. The van der Waals surface area contributed by atoms with Crippen LogP contribution in [-0.4, -0.2) is 16.5 Å². The molecule has 0 aliphatic rings. The zero-order valence-corrected chi connectivity index (χ0v) is 10.9. The lowest BCUT2D eigenvalue weighted by Crippen LogP contribution is -1.85. The van der Waals surface area contributed by atoms with Gasteiger partial charge in [0.25, 0.3) is 0 Å². The summed E-state index contributed by atoms with van der Waals surface area (Å²) in [5.41, 5.74) is 0. The number of hydrogen-bond acceptors (Lipinski definition) is 3. The molecule has 0 amide bonds. The maximum Gasteiger partial charge on any atom is 0.110 e. The van der Waals surface area contributed by atoms with Crippen molar-refractivity contribution < 1.29 is 0 Å². The lowest BCUT2D eigenvalue weighted by Gasteiger charge is -2.05. The first-order valence-electron chi connectivity index (χ1n) is 4.19. The van der Waals surface area contributed by atoms with E-state index in [9.17, 15) is 0 Å². The van der Waals surface area contributed by atoms with Gasteiger partial charge in [-0.05, 0) is 33.5 Å². The molecule has 1 heterocycles. The Morgan fingerprint density at radius 1 is 1.31 bits per heavy atom. The minimum atomic E-state index is 1.06. The number of aromatic nitrogens is 1. The van der Waals surface area contributed by atoms with E-state index < -0.39 is 0 Å². The van der Waals surface area contributed by atoms with Gasteiger partial charge in [-0.25, -0.2) is 4.98 Å². The van der Waals surface area contributed by atoms with Gasteiger partial charge < -0.3 is 0 Å². The van der Waals surface area contributed by atoms with Gasteiger partial charge in [0.15, 0.2) is 0 Å². The van der Waals surface area contributed by atoms with Crippen LogP contribution in [0.2, 0.25) is 0 Å². The van der Waals surface area contributed by atoms with E-state index in [1.165, 1.54) is 4.90 Å². The Labute approximate surface area is 96.2 Å². The number of rotatable bonds is 4. The first-order valence-corrected chi connectivity index (χ1v) is 6.95. The molecule has 4 heteroatoms. The summed E-state index contributed by atoms with van der Waals surface area (Å²) in [5, 5.41) is 1.15. The molecule has 0 aliphatic heterocycles. The molecular weight excluding hydrogens is 266 g/mol. The molecule has 0 fully saturated rings. The molecule has 0 saturated carbocycles. The van der Waals surface area contributed by atoms with Crippen molar-refractivity contribution >= 4 is 39.5 Å². The number of thioether (sulfide) groups is 2. The van der Waals surface area contributed by atoms with E-state index in [4.69, 9.17) is 0 Å². The van der Waals surface area contributed by atoms with Crippen molar-refractivity contribution in [2.45, 2.75) is 23.8 Å². The molecule has 1 rings (SSSR count). The highest BCUT2D eigenvalue weighted by molar-refractivity contribution is 9.10. The highest BCUT2D eigenvalue weighted by Crippen LogP contribution is 2.30. The molecule has 0 radical (unpaired) electrons. The highest BCUT2D eigenvalue weighted by Gasteiger charge is 2.04. The van der Waals surface area contributed by atoms with Crippen molar-refractivity contribution in [2.75, 3.05) is 11.5 Å². The SMILES string of the molecule is CCSc1cc(Br)cnc1SCC. The van der Waals surface area contributed by atoms with Crippen LogP contribution < -0.4 is 0 Å². The quantitative estimate of drug-likeness (QED) is 0.771. The van der Waals surface area contributed by atoms with Crippen LogP contribution in [0.3, 0.4) is 0 Å². The van der Waals surface area contributed by atoms with E-state index in [-0.39, 0.29) is 0 Å². The van der Waals surface area contributed by atoms with Gasteiger partial charge in [0.2, 0.25) is 0 Å². The molecule has 72 valence electrons. The average Bonchev–Trinajstić information content (AvgIpc) is 2.10. The summed E-state index contributed by atoms with van der Waals surface area (Å²) in [4.78, 5) is 5.66. The van der Waals surface area contributed by atoms with Crippen LogP contribution in [0.25, 0.3) is 0 Å². The standard InChI is InChI=1S/C9H12BrNS2/c1-3-12-8-5-7(10)6-11-9(8)13-4-2/h5-6H,3-4H2,1-2H3. The first kappa shape index (κ1) is 11.4. The topological polar surface area (TPSA) is 12.9 Å². The second-order valence-electron chi connectivity index (χ2n) is 2.32. The summed E-state index contributed by atoms with van der Waals surface area (Å²) in [6, 6.07) is 2.14. The van der Waals surface area contributed by atoms with Crippen molar-refractivity contribution in [3.8, 4) is 0 Å². The second-order valence-corrected chi connectivity index (χ2v) is 5.80. The van der Waals surface area contributed by atoms with Crippen LogP contribution in [-0.2, 0) is 0 Å². The number of pyridine rings is 1. The Bertz CT molecular complexity index is 278. The van der Waals surface area contributed by atoms with Gasteiger partial charge in [-0.3, -0.25) is 0 Å². The largest absolute Gasteiger partial charge is 0.248 e. The van der Waals surface area contributed by atoms with Gasteiger partial charge >= 0.3 is 0 Å². The third-order valence-corrected chi connectivity index (χ3v) is 3.73. The Morgan fingerprint density at radius 2 is 2.00 bits per heavy atom. The van der Waals surface area contributed by atoms with Crippen molar-refractivity contribution in [1.82, 2.24) is 4.98 Å². The lowest BCUT2D eigenvalue weighted by molar-refractivity contribution is 1.02. The van der Waals surface area contributed by atoms with Crippen molar-refractivity contribution in [2.24, 2.45) is 0 Å². The van der Waals surface area contributed by atoms with Crippen molar-refractivity contribution in [3.05, 3.63) is 16.7 Å². The monoisotopic (exact) mass is 277 g/mol. The Kier molecular flexibility index (Phi) is 5.21. The molecule has 13 heavy (non-hydrogen) atoms. The summed E-state index contributed by atoms with van der Waals surface area (Å²) in [6.07, 6.45) is 1.86. The predicted molar refractivity (Wildman–Crippen MR) is 64.7 cm³/mol. The fraction of sp³-hybridized carbons (Fsp3) is 0.444. The van der Waals surface area contributed by atoms with E-state index in [0.717, 1.165) is 21.0 Å². The first-order chi connectivity index (χ1) is 6.27. The van der Waals surface area contributed by atoms with Gasteiger partial charge in [0.05, 0.1) is 0 Å². The van der Waals surface area contributed by atoms with Crippen molar-refractivity contribution in [3.63, 3.8) is 0 Å². The zero-order chi connectivity index (χ0) is 9.68. The summed E-state index contributed by atoms with van der Waals surface area (Å²) in [5.74, 6) is 2.17. The van der Waals surface area contributed by atoms with Crippen molar-refractivity contribution in [1.29, 1.82) is 0 Å². The molecule has 0 aliphatic carbocycles. The van der Waals surface area contributed by atoms with Gasteiger partial charge in [-0.2, -0.15) is 0 Å². The van der Waals surface area contributed by atoms with Crippen LogP contribution in [0.15, 0.2) is 26.7 Å². The lowest BCUT2D eigenvalue weighted by atomic mass is 10.5. The fourth-order valence-corrected chi connectivity index (χ4v) is 3.05. The van der Waals surface area contributed by atoms with Crippen LogP contribution in [0.4, 0.5) is 0 Å². The Hall–Kier alpha value is 0.330. The van der Waals surface area contributed by atoms with E-state index >= 15 is 0 Å². The van der Waals surface area contributed by atoms with E-state index in [1.54, 1.807) is 11.8 Å². The third kappa shape index (κ3) is 3.52. The Balaban J connectivity index is 2.89. The van der Waals surface area contributed by atoms with Gasteiger partial charge in [-0.1, -0.05) is 13.8 Å². The van der Waals surface area contributed by atoms with E-state index in [1.807, 2.05) is 18.0 Å². The Morgan fingerprint density at radius 3 is 2.62 bits per heavy atom. The normalized spacial score (nSPS) is 10.4. The maximum atomic E-state index is 4.38. The molecule has 0 N–H and O–H groups in total. The average molecular weight is 278 g/mol. The molecule has 1 aromatic rings. The highest BCUT2D eigenvalue weighted by atomic mass is 79.9. The van der Waals surface area contributed by atoms with Gasteiger partial charge in [0, 0.05) is 15.6 Å². The van der Waals surface area contributed by atoms with Gasteiger partial charge in [0.1, 0.15) is 5.03 Å². The van der Waals surface area contributed by atoms with Gasteiger partial charge in [-0.15, -0.1) is 23.5 Å². The predicted octanol–water partition coefficient (Wildman–Crippen LogP) is 4.07. The molecule has 0 bridgehead atoms. The van der Waals surface area contributed by atoms with Crippen LogP contribution in [0.5, 0.6) is 0 Å². The number of halogens is 1. The van der Waals surface area contributed by atoms with Crippen LogP contribution >= 0.6 is 39.5 Å². The third-order valence-electron chi connectivity index (χ3n) is 1.37.